The number of methoxy groups -OCH3 is 1. The molecule has 2 heterocycles. The third-order valence-electron chi connectivity index (χ3n) is 4.93. The van der Waals surface area contributed by atoms with Crippen LogP contribution >= 0.6 is 39.9 Å². The van der Waals surface area contributed by atoms with Crippen molar-refractivity contribution in [1.82, 2.24) is 20.2 Å². The lowest BCUT2D eigenvalue weighted by Crippen LogP contribution is -2.53. The number of nitrogens with one attached hydrogen (secondary N) is 1. The molecular formula is C18H32BrIN6O2. The minimum absolute atomic E-state index is 0. The Morgan fingerprint density at radius 1 is 1.29 bits per heavy atom. The van der Waals surface area contributed by atoms with Crippen molar-refractivity contribution in [3.8, 4) is 5.88 Å². The fourth-order valence-electron chi connectivity index (χ4n) is 2.88. The van der Waals surface area contributed by atoms with E-state index >= 15 is 0 Å². The zero-order valence-electron chi connectivity index (χ0n) is 17.1. The third kappa shape index (κ3) is 6.58. The van der Waals surface area contributed by atoms with E-state index in [0.29, 0.717) is 31.2 Å². The van der Waals surface area contributed by atoms with E-state index in [-0.39, 0.29) is 24.0 Å². The maximum atomic E-state index is 10.5. The van der Waals surface area contributed by atoms with Crippen LogP contribution in [0.1, 0.15) is 33.6 Å². The van der Waals surface area contributed by atoms with E-state index in [4.69, 9.17) is 9.73 Å². The summed E-state index contributed by atoms with van der Waals surface area (Å²) in [6, 6.07) is 0. The van der Waals surface area contributed by atoms with Crippen molar-refractivity contribution in [3.63, 3.8) is 0 Å². The number of aliphatic imine (C=N–C) groups is 1. The van der Waals surface area contributed by atoms with Crippen LogP contribution in [-0.2, 0) is 0 Å². The highest BCUT2D eigenvalue weighted by Gasteiger charge is 2.25. The van der Waals surface area contributed by atoms with Gasteiger partial charge in [-0.05, 0) is 35.7 Å². The van der Waals surface area contributed by atoms with Crippen molar-refractivity contribution in [3.05, 3.63) is 10.7 Å². The summed E-state index contributed by atoms with van der Waals surface area (Å²) >= 11 is 3.38. The molecule has 0 unspecified atom stereocenters. The number of hydrogen-bond acceptors (Lipinski definition) is 6. The molecule has 0 aromatic carbocycles. The molecule has 0 radical (unpaired) electrons. The highest BCUT2D eigenvalue weighted by atomic mass is 127. The van der Waals surface area contributed by atoms with Gasteiger partial charge in [0.15, 0.2) is 5.96 Å². The van der Waals surface area contributed by atoms with Crippen molar-refractivity contribution in [2.45, 2.75) is 39.2 Å². The topological polar surface area (TPSA) is 86.1 Å². The SMILES string of the molecule is CCNC(=NCC(O)(CC)CC)N1CCN(c2ncc(Br)c(OC)n2)CC1.I. The van der Waals surface area contributed by atoms with Gasteiger partial charge in [0.1, 0.15) is 0 Å². The van der Waals surface area contributed by atoms with Crippen LogP contribution in [0, 0.1) is 0 Å². The first-order valence-electron chi connectivity index (χ1n) is 9.53. The Balaban J connectivity index is 0.00000392. The second-order valence-electron chi connectivity index (χ2n) is 6.60. The van der Waals surface area contributed by atoms with Crippen LogP contribution < -0.4 is 15.0 Å². The van der Waals surface area contributed by atoms with E-state index in [1.807, 2.05) is 13.8 Å². The number of nitrogens with zero attached hydrogens (tertiary/aromatic N) is 5. The number of rotatable bonds is 7. The Kier molecular flexibility index (Phi) is 10.7. The molecule has 0 aliphatic carbocycles. The Morgan fingerprint density at radius 3 is 2.46 bits per heavy atom. The Morgan fingerprint density at radius 2 is 1.93 bits per heavy atom. The maximum absolute atomic E-state index is 10.5. The predicted octanol–water partition coefficient (Wildman–Crippen LogP) is 2.50. The van der Waals surface area contributed by atoms with Gasteiger partial charge in [-0.2, -0.15) is 4.98 Å². The normalized spacial score (nSPS) is 15.3. The molecule has 1 aromatic heterocycles. The average molecular weight is 571 g/mol. The third-order valence-corrected chi connectivity index (χ3v) is 5.47. The molecule has 2 N–H and O–H groups in total. The lowest BCUT2D eigenvalue weighted by Gasteiger charge is -2.37. The van der Waals surface area contributed by atoms with Gasteiger partial charge in [-0.15, -0.1) is 24.0 Å². The Labute approximate surface area is 193 Å². The standard InChI is InChI=1S/C18H31BrN6O2.HI/c1-5-18(26,6-2)13-22-16(20-7-3)24-8-10-25(11-9-24)17-21-12-14(19)15(23-17)27-4;/h12,26H,5-11,13H2,1-4H3,(H,20,22);1H. The number of aromatic nitrogens is 2. The molecule has 2 rings (SSSR count). The van der Waals surface area contributed by atoms with Gasteiger partial charge in [0.05, 0.1) is 29.9 Å². The molecule has 0 spiro atoms. The molecule has 28 heavy (non-hydrogen) atoms. The van der Waals surface area contributed by atoms with Gasteiger partial charge in [-0.25, -0.2) is 4.98 Å². The average Bonchev–Trinajstić information content (AvgIpc) is 2.71. The molecule has 0 atom stereocenters. The monoisotopic (exact) mass is 570 g/mol. The Bertz CT molecular complexity index is 637. The second kappa shape index (κ2) is 12.0. The first-order valence-corrected chi connectivity index (χ1v) is 10.3. The van der Waals surface area contributed by atoms with Gasteiger partial charge >= 0.3 is 0 Å². The summed E-state index contributed by atoms with van der Waals surface area (Å²) in [6.07, 6.45) is 3.11. The van der Waals surface area contributed by atoms with Crippen LogP contribution in [0.25, 0.3) is 0 Å². The number of piperazine rings is 1. The number of halogens is 2. The van der Waals surface area contributed by atoms with Crippen LogP contribution in [-0.4, -0.2) is 77.9 Å². The summed E-state index contributed by atoms with van der Waals surface area (Å²) in [4.78, 5) is 17.9. The summed E-state index contributed by atoms with van der Waals surface area (Å²) < 4.78 is 6.01. The molecule has 0 saturated carbocycles. The van der Waals surface area contributed by atoms with Gasteiger partial charge in [-0.1, -0.05) is 13.8 Å². The predicted molar refractivity (Wildman–Crippen MR) is 127 cm³/mol. The van der Waals surface area contributed by atoms with Crippen molar-refractivity contribution in [2.24, 2.45) is 4.99 Å². The fraction of sp³-hybridized carbons (Fsp3) is 0.722. The quantitative estimate of drug-likeness (QED) is 0.296. The van der Waals surface area contributed by atoms with E-state index in [9.17, 15) is 5.11 Å². The van der Waals surface area contributed by atoms with E-state index in [0.717, 1.165) is 43.2 Å². The number of ether oxygens (including phenoxy) is 1. The molecule has 1 aliphatic heterocycles. The van der Waals surface area contributed by atoms with Gasteiger partial charge in [0, 0.05) is 32.7 Å². The highest BCUT2D eigenvalue weighted by molar-refractivity contribution is 14.0. The summed E-state index contributed by atoms with van der Waals surface area (Å²) in [5.41, 5.74) is -0.732. The largest absolute Gasteiger partial charge is 0.480 e. The van der Waals surface area contributed by atoms with Gasteiger partial charge in [0.25, 0.3) is 0 Å². The second-order valence-corrected chi connectivity index (χ2v) is 7.46. The van der Waals surface area contributed by atoms with Crippen LogP contribution in [0.3, 0.4) is 0 Å². The minimum atomic E-state index is -0.732. The Hall–Kier alpha value is -0.880. The lowest BCUT2D eigenvalue weighted by molar-refractivity contribution is 0.0415. The molecule has 1 aliphatic rings. The van der Waals surface area contributed by atoms with Crippen molar-refractivity contribution in [1.29, 1.82) is 0 Å². The first-order chi connectivity index (χ1) is 13.0. The molecule has 1 fully saturated rings. The maximum Gasteiger partial charge on any atom is 0.232 e. The zero-order chi connectivity index (χ0) is 19.9. The van der Waals surface area contributed by atoms with E-state index in [1.54, 1.807) is 13.3 Å². The van der Waals surface area contributed by atoms with E-state index < -0.39 is 5.60 Å². The molecule has 10 heteroatoms. The zero-order valence-corrected chi connectivity index (χ0v) is 21.0. The molecule has 1 aromatic rings. The van der Waals surface area contributed by atoms with Crippen LogP contribution in [0.4, 0.5) is 5.95 Å². The molecular weight excluding hydrogens is 539 g/mol. The number of anilines is 1. The van der Waals surface area contributed by atoms with E-state index in [2.05, 4.69) is 47.9 Å². The molecule has 1 saturated heterocycles. The molecule has 8 nitrogen and oxygen atoms in total. The molecule has 0 amide bonds. The summed E-state index contributed by atoms with van der Waals surface area (Å²) in [6.45, 7) is 10.5. The van der Waals surface area contributed by atoms with Gasteiger partial charge < -0.3 is 25.0 Å². The first kappa shape index (κ1) is 25.2. The number of hydrogen-bond donors (Lipinski definition) is 2. The minimum Gasteiger partial charge on any atom is -0.480 e. The number of guanidine groups is 1. The van der Waals surface area contributed by atoms with Gasteiger partial charge in [0.2, 0.25) is 11.8 Å². The highest BCUT2D eigenvalue weighted by Crippen LogP contribution is 2.24. The van der Waals surface area contributed by atoms with Crippen molar-refractivity contribution >= 4 is 51.8 Å². The summed E-state index contributed by atoms with van der Waals surface area (Å²) in [5, 5.41) is 13.9. The van der Waals surface area contributed by atoms with Crippen molar-refractivity contribution in [2.75, 3.05) is 51.3 Å². The number of aliphatic hydroxyl groups is 1. The summed E-state index contributed by atoms with van der Waals surface area (Å²) in [5.74, 6) is 2.06. The van der Waals surface area contributed by atoms with Crippen LogP contribution in [0.5, 0.6) is 5.88 Å². The molecule has 160 valence electrons. The van der Waals surface area contributed by atoms with Gasteiger partial charge in [-0.3, -0.25) is 4.99 Å². The van der Waals surface area contributed by atoms with Crippen LogP contribution in [0.15, 0.2) is 15.7 Å². The van der Waals surface area contributed by atoms with Crippen LogP contribution in [0.2, 0.25) is 0 Å². The molecule has 0 bridgehead atoms. The lowest BCUT2D eigenvalue weighted by atomic mass is 9.98. The van der Waals surface area contributed by atoms with E-state index in [1.165, 1.54) is 0 Å². The van der Waals surface area contributed by atoms with Crippen molar-refractivity contribution < 1.29 is 9.84 Å². The fourth-order valence-corrected chi connectivity index (χ4v) is 3.23. The summed E-state index contributed by atoms with van der Waals surface area (Å²) in [7, 11) is 1.60. The smallest absolute Gasteiger partial charge is 0.232 e.